The Kier molecular flexibility index (Phi) is 6.64. The average molecular weight is 327 g/mol. The fourth-order valence-corrected chi connectivity index (χ4v) is 2.00. The van der Waals surface area contributed by atoms with Crippen molar-refractivity contribution < 1.29 is 14.3 Å². The molecule has 0 atom stereocenters. The fourth-order valence-electron chi connectivity index (χ4n) is 2.00. The highest BCUT2D eigenvalue weighted by molar-refractivity contribution is 5.67. The number of methoxy groups -OCH3 is 1. The topological polar surface area (TPSA) is 86.5 Å². The zero-order valence-electron chi connectivity index (χ0n) is 13.6. The molecule has 0 saturated heterocycles. The maximum atomic E-state index is 11.6. The molecule has 6 heteroatoms. The van der Waals surface area contributed by atoms with Crippen molar-refractivity contribution in [1.29, 1.82) is 0 Å². The van der Waals surface area contributed by atoms with Crippen molar-refractivity contribution in [2.75, 3.05) is 19.4 Å². The lowest BCUT2D eigenvalue weighted by atomic mass is 10.2. The third-order valence-corrected chi connectivity index (χ3v) is 3.20. The number of benzene rings is 1. The van der Waals surface area contributed by atoms with Gasteiger partial charge in [0.25, 0.3) is 0 Å². The minimum atomic E-state index is -0.428. The maximum absolute atomic E-state index is 11.6. The van der Waals surface area contributed by atoms with Crippen LogP contribution in [-0.4, -0.2) is 24.7 Å². The van der Waals surface area contributed by atoms with Gasteiger partial charge in [0, 0.05) is 12.7 Å². The Balaban J connectivity index is 1.66. The summed E-state index contributed by atoms with van der Waals surface area (Å²) in [6, 6.07) is 11.3. The molecule has 0 bridgehead atoms. The number of nitrogens with two attached hydrogens (primary N) is 1. The average Bonchev–Trinajstić information content (AvgIpc) is 2.61. The van der Waals surface area contributed by atoms with Gasteiger partial charge in [-0.3, -0.25) is 0 Å². The van der Waals surface area contributed by atoms with E-state index in [0.717, 1.165) is 11.1 Å². The van der Waals surface area contributed by atoms with Gasteiger partial charge in [0.05, 0.1) is 12.8 Å². The van der Waals surface area contributed by atoms with Gasteiger partial charge in [0.2, 0.25) is 5.88 Å². The number of anilines is 1. The first-order valence-electron chi connectivity index (χ1n) is 7.59. The third-order valence-electron chi connectivity index (χ3n) is 3.20. The summed E-state index contributed by atoms with van der Waals surface area (Å²) in [5, 5.41) is 2.70. The SMILES string of the molecule is COc1ncc(C=CCCNC(=O)OCc2ccccc2)cc1N. The van der Waals surface area contributed by atoms with Gasteiger partial charge in [0.1, 0.15) is 6.61 Å². The number of carbonyl (C=O) groups is 1. The van der Waals surface area contributed by atoms with E-state index in [1.807, 2.05) is 42.5 Å². The van der Waals surface area contributed by atoms with E-state index in [1.54, 1.807) is 12.3 Å². The number of nitrogens with one attached hydrogen (secondary N) is 1. The number of hydrogen-bond donors (Lipinski definition) is 2. The van der Waals surface area contributed by atoms with Crippen LogP contribution in [0.25, 0.3) is 6.08 Å². The fraction of sp³-hybridized carbons (Fsp3) is 0.222. The lowest BCUT2D eigenvalue weighted by Gasteiger charge is -2.06. The normalized spacial score (nSPS) is 10.5. The summed E-state index contributed by atoms with van der Waals surface area (Å²) in [5.74, 6) is 0.412. The summed E-state index contributed by atoms with van der Waals surface area (Å²) in [5.41, 5.74) is 8.11. The molecule has 0 radical (unpaired) electrons. The first-order valence-corrected chi connectivity index (χ1v) is 7.59. The molecule has 0 aliphatic rings. The molecule has 126 valence electrons. The Morgan fingerprint density at radius 1 is 1.33 bits per heavy atom. The zero-order valence-corrected chi connectivity index (χ0v) is 13.6. The van der Waals surface area contributed by atoms with Gasteiger partial charge in [0.15, 0.2) is 0 Å². The number of rotatable bonds is 7. The maximum Gasteiger partial charge on any atom is 0.407 e. The second kappa shape index (κ2) is 9.19. The molecule has 0 aliphatic heterocycles. The molecule has 0 spiro atoms. The number of amides is 1. The van der Waals surface area contributed by atoms with E-state index in [-0.39, 0.29) is 6.61 Å². The highest BCUT2D eigenvalue weighted by Crippen LogP contribution is 2.18. The Hall–Kier alpha value is -3.02. The monoisotopic (exact) mass is 327 g/mol. The van der Waals surface area contributed by atoms with Crippen molar-refractivity contribution in [3.8, 4) is 5.88 Å². The lowest BCUT2D eigenvalue weighted by molar-refractivity contribution is 0.140. The highest BCUT2D eigenvalue weighted by atomic mass is 16.5. The number of pyridine rings is 1. The minimum Gasteiger partial charge on any atom is -0.480 e. The number of aromatic nitrogens is 1. The van der Waals surface area contributed by atoms with Gasteiger partial charge in [-0.1, -0.05) is 42.5 Å². The molecular formula is C18H21N3O3. The molecule has 1 aromatic heterocycles. The molecule has 2 aromatic rings. The first-order chi connectivity index (χ1) is 11.7. The molecule has 6 nitrogen and oxygen atoms in total. The van der Waals surface area contributed by atoms with Gasteiger partial charge >= 0.3 is 6.09 Å². The number of ether oxygens (including phenoxy) is 2. The number of carbonyl (C=O) groups excluding carboxylic acids is 1. The summed E-state index contributed by atoms with van der Waals surface area (Å²) in [6.45, 7) is 0.752. The van der Waals surface area contributed by atoms with Crippen LogP contribution in [0.5, 0.6) is 5.88 Å². The van der Waals surface area contributed by atoms with Crippen molar-refractivity contribution in [2.45, 2.75) is 13.0 Å². The van der Waals surface area contributed by atoms with Gasteiger partial charge in [-0.15, -0.1) is 0 Å². The molecular weight excluding hydrogens is 306 g/mol. The zero-order chi connectivity index (χ0) is 17.2. The summed E-state index contributed by atoms with van der Waals surface area (Å²) >= 11 is 0. The van der Waals surface area contributed by atoms with Crippen LogP contribution < -0.4 is 15.8 Å². The summed E-state index contributed by atoms with van der Waals surface area (Å²) < 4.78 is 10.1. The number of hydrogen-bond acceptors (Lipinski definition) is 5. The smallest absolute Gasteiger partial charge is 0.407 e. The van der Waals surface area contributed by atoms with Crippen LogP contribution in [0.4, 0.5) is 10.5 Å². The van der Waals surface area contributed by atoms with Crippen molar-refractivity contribution in [3.05, 3.63) is 59.8 Å². The van der Waals surface area contributed by atoms with E-state index in [4.69, 9.17) is 15.2 Å². The quantitative estimate of drug-likeness (QED) is 0.763. The van der Waals surface area contributed by atoms with Crippen LogP contribution in [0, 0.1) is 0 Å². The number of alkyl carbamates (subject to hydrolysis) is 1. The van der Waals surface area contributed by atoms with Crippen molar-refractivity contribution in [2.24, 2.45) is 0 Å². The van der Waals surface area contributed by atoms with Crippen molar-refractivity contribution >= 4 is 17.9 Å². The van der Waals surface area contributed by atoms with E-state index in [0.29, 0.717) is 24.5 Å². The van der Waals surface area contributed by atoms with Gasteiger partial charge < -0.3 is 20.5 Å². The first kappa shape index (κ1) is 17.3. The molecule has 0 unspecified atom stereocenters. The molecule has 3 N–H and O–H groups in total. The molecule has 0 saturated carbocycles. The Bertz CT molecular complexity index is 687. The van der Waals surface area contributed by atoms with Gasteiger partial charge in [-0.25, -0.2) is 9.78 Å². The van der Waals surface area contributed by atoms with E-state index < -0.39 is 6.09 Å². The van der Waals surface area contributed by atoms with E-state index in [1.165, 1.54) is 7.11 Å². The molecule has 1 heterocycles. The predicted octanol–water partition coefficient (Wildman–Crippen LogP) is 3.00. The van der Waals surface area contributed by atoms with Gasteiger partial charge in [-0.2, -0.15) is 0 Å². The largest absolute Gasteiger partial charge is 0.480 e. The Morgan fingerprint density at radius 3 is 2.83 bits per heavy atom. The van der Waals surface area contributed by atoms with Crippen molar-refractivity contribution in [1.82, 2.24) is 10.3 Å². The van der Waals surface area contributed by atoms with Crippen LogP contribution in [0.3, 0.4) is 0 Å². The van der Waals surface area contributed by atoms with E-state index in [9.17, 15) is 4.79 Å². The van der Waals surface area contributed by atoms with Gasteiger partial charge in [-0.05, 0) is 23.6 Å². The molecule has 0 fully saturated rings. The number of nitrogens with zero attached hydrogens (tertiary/aromatic N) is 1. The molecule has 1 amide bonds. The van der Waals surface area contributed by atoms with E-state index >= 15 is 0 Å². The highest BCUT2D eigenvalue weighted by Gasteiger charge is 2.01. The second-order valence-electron chi connectivity index (χ2n) is 5.05. The van der Waals surface area contributed by atoms with Crippen molar-refractivity contribution in [3.63, 3.8) is 0 Å². The Morgan fingerprint density at radius 2 is 2.12 bits per heavy atom. The molecule has 1 aromatic carbocycles. The summed E-state index contributed by atoms with van der Waals surface area (Å²) in [4.78, 5) is 15.7. The molecule has 24 heavy (non-hydrogen) atoms. The lowest BCUT2D eigenvalue weighted by Crippen LogP contribution is -2.24. The predicted molar refractivity (Wildman–Crippen MR) is 93.5 cm³/mol. The minimum absolute atomic E-state index is 0.263. The number of nitrogen functional groups attached to an aromatic ring is 1. The molecule has 0 aliphatic carbocycles. The van der Waals surface area contributed by atoms with Crippen LogP contribution in [0.15, 0.2) is 48.7 Å². The standard InChI is InChI=1S/C18H21N3O3/c1-23-17-16(19)11-15(12-21-17)9-5-6-10-20-18(22)24-13-14-7-3-2-4-8-14/h2-5,7-9,11-12H,6,10,13,19H2,1H3,(H,20,22). The summed E-state index contributed by atoms with van der Waals surface area (Å²) in [6.07, 6.45) is 5.74. The van der Waals surface area contributed by atoms with Crippen LogP contribution in [-0.2, 0) is 11.3 Å². The second-order valence-corrected chi connectivity index (χ2v) is 5.05. The van der Waals surface area contributed by atoms with E-state index in [2.05, 4.69) is 10.3 Å². The van der Waals surface area contributed by atoms with Crippen LogP contribution in [0.2, 0.25) is 0 Å². The summed E-state index contributed by atoms with van der Waals surface area (Å²) in [7, 11) is 1.52. The van der Waals surface area contributed by atoms with Crippen LogP contribution >= 0.6 is 0 Å². The van der Waals surface area contributed by atoms with Crippen LogP contribution in [0.1, 0.15) is 17.5 Å². The molecule has 2 rings (SSSR count). The third kappa shape index (κ3) is 5.64. The Labute approximate surface area is 141 Å².